The molecule has 0 saturated carbocycles. The maximum absolute atomic E-state index is 12.5. The predicted octanol–water partition coefficient (Wildman–Crippen LogP) is 2.74. The van der Waals surface area contributed by atoms with Crippen molar-refractivity contribution in [1.29, 1.82) is 0 Å². The average molecular weight is 372 g/mol. The first-order valence-electron chi connectivity index (χ1n) is 9.93. The summed E-state index contributed by atoms with van der Waals surface area (Å²) in [7, 11) is 0. The lowest BCUT2D eigenvalue weighted by Crippen LogP contribution is -2.49. The van der Waals surface area contributed by atoms with Gasteiger partial charge in [-0.3, -0.25) is 14.5 Å². The number of carbonyl (C=O) groups excluding carboxylic acids is 2. The Morgan fingerprint density at radius 2 is 1.78 bits per heavy atom. The molecule has 0 atom stereocenters. The third-order valence-corrected chi connectivity index (χ3v) is 4.82. The van der Waals surface area contributed by atoms with Crippen LogP contribution >= 0.6 is 0 Å². The van der Waals surface area contributed by atoms with E-state index < -0.39 is 0 Å². The molecule has 1 aromatic carbocycles. The number of hydrogen-bond acceptors (Lipinski definition) is 3. The van der Waals surface area contributed by atoms with E-state index in [0.29, 0.717) is 25.4 Å². The van der Waals surface area contributed by atoms with E-state index in [9.17, 15) is 9.59 Å². The quantitative estimate of drug-likeness (QED) is 0.706. The second-order valence-electron chi connectivity index (χ2n) is 7.60. The highest BCUT2D eigenvalue weighted by Crippen LogP contribution is 2.07. The highest BCUT2D eigenvalue weighted by Gasteiger charge is 2.21. The van der Waals surface area contributed by atoms with E-state index in [4.69, 9.17) is 0 Å². The lowest BCUT2D eigenvalue weighted by atomic mass is 10.2. The van der Waals surface area contributed by atoms with Gasteiger partial charge in [0, 0.05) is 59.2 Å². The number of benzene rings is 1. The molecule has 2 amide bonds. The molecule has 1 saturated heterocycles. The van der Waals surface area contributed by atoms with Gasteiger partial charge in [-0.1, -0.05) is 56.3 Å². The lowest BCUT2D eigenvalue weighted by Gasteiger charge is -2.34. The summed E-state index contributed by atoms with van der Waals surface area (Å²) in [6, 6.07) is 10.3. The number of carbonyl (C=O) groups is 2. The first-order chi connectivity index (χ1) is 13.0. The number of piperazine rings is 1. The van der Waals surface area contributed by atoms with E-state index in [0.717, 1.165) is 32.7 Å². The minimum atomic E-state index is 0.0477. The molecular formula is C22H33N3O2. The van der Waals surface area contributed by atoms with E-state index in [1.54, 1.807) is 11.8 Å². The summed E-state index contributed by atoms with van der Waals surface area (Å²) in [5.74, 6) is 0.618. The molecule has 0 radical (unpaired) electrons. The van der Waals surface area contributed by atoms with Crippen molar-refractivity contribution in [2.45, 2.75) is 27.2 Å². The van der Waals surface area contributed by atoms with Crippen LogP contribution in [0.4, 0.5) is 0 Å². The van der Waals surface area contributed by atoms with Crippen molar-refractivity contribution in [3.05, 3.63) is 42.0 Å². The largest absolute Gasteiger partial charge is 0.342 e. The Morgan fingerprint density at radius 1 is 1.11 bits per heavy atom. The standard InChI is InChI=1S/C22H33N3O2/c1-19(2)18-25(20(3)26)13-11-22(27)24-16-14-23(15-17-24)12-7-10-21-8-5-4-6-9-21/h4-10,19H,11-18H2,1-3H3/b10-7+. The smallest absolute Gasteiger partial charge is 0.224 e. The second-order valence-corrected chi connectivity index (χ2v) is 7.60. The molecule has 1 fully saturated rings. The van der Waals surface area contributed by atoms with E-state index in [-0.39, 0.29) is 11.8 Å². The van der Waals surface area contributed by atoms with Gasteiger partial charge >= 0.3 is 0 Å². The molecule has 2 rings (SSSR count). The fourth-order valence-corrected chi connectivity index (χ4v) is 3.29. The molecule has 0 bridgehead atoms. The number of hydrogen-bond donors (Lipinski definition) is 0. The average Bonchev–Trinajstić information content (AvgIpc) is 2.66. The maximum atomic E-state index is 12.5. The van der Waals surface area contributed by atoms with Crippen LogP contribution < -0.4 is 0 Å². The minimum Gasteiger partial charge on any atom is -0.342 e. The van der Waals surface area contributed by atoms with Crippen molar-refractivity contribution in [3.8, 4) is 0 Å². The molecule has 1 aliphatic rings. The molecule has 27 heavy (non-hydrogen) atoms. The van der Waals surface area contributed by atoms with Crippen LogP contribution in [0.15, 0.2) is 36.4 Å². The zero-order valence-corrected chi connectivity index (χ0v) is 16.9. The van der Waals surface area contributed by atoms with Gasteiger partial charge in [0.1, 0.15) is 0 Å². The first-order valence-corrected chi connectivity index (χ1v) is 9.93. The van der Waals surface area contributed by atoms with Gasteiger partial charge in [0.25, 0.3) is 0 Å². The van der Waals surface area contributed by atoms with Crippen LogP contribution in [-0.4, -0.2) is 72.3 Å². The van der Waals surface area contributed by atoms with E-state index in [1.165, 1.54) is 5.56 Å². The summed E-state index contributed by atoms with van der Waals surface area (Å²) in [5, 5.41) is 0. The molecule has 0 aliphatic carbocycles. The van der Waals surface area contributed by atoms with Gasteiger partial charge in [0.15, 0.2) is 0 Å². The van der Waals surface area contributed by atoms with Gasteiger partial charge in [-0.25, -0.2) is 0 Å². The summed E-state index contributed by atoms with van der Waals surface area (Å²) < 4.78 is 0. The predicted molar refractivity (Wildman–Crippen MR) is 110 cm³/mol. The normalized spacial score (nSPS) is 15.5. The van der Waals surface area contributed by atoms with Crippen LogP contribution in [-0.2, 0) is 9.59 Å². The zero-order valence-electron chi connectivity index (χ0n) is 16.9. The third kappa shape index (κ3) is 7.55. The van der Waals surface area contributed by atoms with Crippen molar-refractivity contribution in [1.82, 2.24) is 14.7 Å². The lowest BCUT2D eigenvalue weighted by molar-refractivity contribution is -0.134. The van der Waals surface area contributed by atoms with Gasteiger partial charge in [0.2, 0.25) is 11.8 Å². The van der Waals surface area contributed by atoms with E-state index in [1.807, 2.05) is 23.1 Å². The molecule has 1 aromatic rings. The number of amides is 2. The fourth-order valence-electron chi connectivity index (χ4n) is 3.29. The van der Waals surface area contributed by atoms with Crippen LogP contribution in [0, 0.1) is 5.92 Å². The molecule has 1 heterocycles. The minimum absolute atomic E-state index is 0.0477. The SMILES string of the molecule is CC(=O)N(CCC(=O)N1CCN(C/C=C/c2ccccc2)CC1)CC(C)C. The van der Waals surface area contributed by atoms with Crippen molar-refractivity contribution < 1.29 is 9.59 Å². The Balaban J connectivity index is 1.70. The topological polar surface area (TPSA) is 43.9 Å². The fraction of sp³-hybridized carbons (Fsp3) is 0.545. The summed E-state index contributed by atoms with van der Waals surface area (Å²) in [6.45, 7) is 11.2. The van der Waals surface area contributed by atoms with E-state index in [2.05, 4.69) is 43.0 Å². The summed E-state index contributed by atoms with van der Waals surface area (Å²) >= 11 is 0. The van der Waals surface area contributed by atoms with Gasteiger partial charge in [-0.15, -0.1) is 0 Å². The molecular weight excluding hydrogens is 338 g/mol. The molecule has 148 valence electrons. The summed E-state index contributed by atoms with van der Waals surface area (Å²) in [5.41, 5.74) is 1.21. The van der Waals surface area contributed by atoms with Gasteiger partial charge in [-0.05, 0) is 11.5 Å². The van der Waals surface area contributed by atoms with Crippen molar-refractivity contribution in [2.24, 2.45) is 5.92 Å². The van der Waals surface area contributed by atoms with Crippen LogP contribution in [0.5, 0.6) is 0 Å². The summed E-state index contributed by atoms with van der Waals surface area (Å²) in [6.07, 6.45) is 4.74. The van der Waals surface area contributed by atoms with Crippen molar-refractivity contribution in [2.75, 3.05) is 45.8 Å². The Kier molecular flexibility index (Phi) is 8.52. The first kappa shape index (κ1) is 21.2. The Morgan fingerprint density at radius 3 is 2.37 bits per heavy atom. The van der Waals surface area contributed by atoms with Crippen molar-refractivity contribution in [3.63, 3.8) is 0 Å². The number of rotatable bonds is 8. The maximum Gasteiger partial charge on any atom is 0.224 e. The number of nitrogens with zero attached hydrogens (tertiary/aromatic N) is 3. The second kappa shape index (κ2) is 10.9. The Hall–Kier alpha value is -2.14. The molecule has 1 aliphatic heterocycles. The highest BCUT2D eigenvalue weighted by molar-refractivity contribution is 5.78. The molecule has 5 nitrogen and oxygen atoms in total. The molecule has 0 aromatic heterocycles. The third-order valence-electron chi connectivity index (χ3n) is 4.82. The van der Waals surface area contributed by atoms with E-state index >= 15 is 0 Å². The monoisotopic (exact) mass is 371 g/mol. The van der Waals surface area contributed by atoms with Crippen LogP contribution in [0.3, 0.4) is 0 Å². The van der Waals surface area contributed by atoms with Crippen molar-refractivity contribution >= 4 is 17.9 Å². The highest BCUT2D eigenvalue weighted by atomic mass is 16.2. The Bertz CT molecular complexity index is 620. The van der Waals surface area contributed by atoms with Gasteiger partial charge < -0.3 is 9.80 Å². The molecule has 5 heteroatoms. The zero-order chi connectivity index (χ0) is 19.6. The molecule has 0 spiro atoms. The van der Waals surface area contributed by atoms with Gasteiger partial charge in [0.05, 0.1) is 0 Å². The summed E-state index contributed by atoms with van der Waals surface area (Å²) in [4.78, 5) is 30.3. The van der Waals surface area contributed by atoms with Gasteiger partial charge in [-0.2, -0.15) is 0 Å². The van der Waals surface area contributed by atoms with Crippen LogP contribution in [0.25, 0.3) is 6.08 Å². The van der Waals surface area contributed by atoms with Crippen LogP contribution in [0.1, 0.15) is 32.8 Å². The molecule has 0 unspecified atom stereocenters. The molecule has 0 N–H and O–H groups in total. The Labute approximate surface area is 163 Å². The van der Waals surface area contributed by atoms with Crippen LogP contribution in [0.2, 0.25) is 0 Å².